The standard InChI is InChI=1S/C13H19N5O2S2/c1-16-10-9(11(21)17(2)13(16)19)14-12(15-10)22-8-5-18-3-6-20-7-4-18/h3-8H2,1-2H3,(H,14,15). The SMILES string of the molecule is Cn1c(=S)c2[nH]c(SCCN3CCOCC3)nc2n(C)c1=O. The predicted molar refractivity (Wildman–Crippen MR) is 89.1 cm³/mol. The highest BCUT2D eigenvalue weighted by atomic mass is 32.2. The van der Waals surface area contributed by atoms with Gasteiger partial charge in [-0.3, -0.25) is 14.0 Å². The van der Waals surface area contributed by atoms with Gasteiger partial charge in [0.05, 0.1) is 13.2 Å². The van der Waals surface area contributed by atoms with E-state index in [9.17, 15) is 4.79 Å². The number of nitrogens with one attached hydrogen (secondary N) is 1. The molecule has 1 aliphatic rings. The van der Waals surface area contributed by atoms with Crippen LogP contribution in [0.3, 0.4) is 0 Å². The number of hydrogen-bond donors (Lipinski definition) is 1. The molecule has 1 saturated heterocycles. The molecule has 1 N–H and O–H groups in total. The van der Waals surface area contributed by atoms with Gasteiger partial charge in [0.2, 0.25) is 0 Å². The Kier molecular flexibility index (Phi) is 4.67. The first-order valence-electron chi connectivity index (χ1n) is 7.16. The second-order valence-electron chi connectivity index (χ2n) is 5.25. The Morgan fingerprint density at radius 1 is 1.32 bits per heavy atom. The average Bonchev–Trinajstić information content (AvgIpc) is 2.96. The van der Waals surface area contributed by atoms with Crippen LogP contribution in [0.4, 0.5) is 0 Å². The molecule has 1 fully saturated rings. The number of H-pyrrole nitrogens is 1. The first-order chi connectivity index (χ1) is 10.6. The molecule has 2 aromatic heterocycles. The minimum atomic E-state index is -0.158. The number of nitrogens with zero attached hydrogens (tertiary/aromatic N) is 4. The molecular formula is C13H19N5O2S2. The van der Waals surface area contributed by atoms with Crippen molar-refractivity contribution in [1.29, 1.82) is 0 Å². The zero-order chi connectivity index (χ0) is 15.7. The van der Waals surface area contributed by atoms with Crippen LogP contribution in [0.15, 0.2) is 9.95 Å². The Bertz CT molecular complexity index is 788. The first kappa shape index (κ1) is 15.7. The zero-order valence-electron chi connectivity index (χ0n) is 12.7. The van der Waals surface area contributed by atoms with E-state index in [4.69, 9.17) is 17.0 Å². The lowest BCUT2D eigenvalue weighted by Gasteiger charge is -2.26. The molecule has 0 bridgehead atoms. The van der Waals surface area contributed by atoms with Crippen LogP contribution in [-0.4, -0.2) is 62.6 Å². The van der Waals surface area contributed by atoms with Gasteiger partial charge < -0.3 is 9.72 Å². The van der Waals surface area contributed by atoms with Crippen LogP contribution in [-0.2, 0) is 18.8 Å². The maximum Gasteiger partial charge on any atom is 0.330 e. The molecule has 1 aliphatic heterocycles. The van der Waals surface area contributed by atoms with Crippen LogP contribution in [0, 0.1) is 4.64 Å². The number of rotatable bonds is 4. The highest BCUT2D eigenvalue weighted by molar-refractivity contribution is 7.99. The molecule has 0 aliphatic carbocycles. The van der Waals surface area contributed by atoms with Crippen molar-refractivity contribution in [2.45, 2.75) is 5.16 Å². The highest BCUT2D eigenvalue weighted by Gasteiger charge is 2.13. The summed E-state index contributed by atoms with van der Waals surface area (Å²) in [6, 6.07) is 0. The van der Waals surface area contributed by atoms with Gasteiger partial charge in [-0.25, -0.2) is 9.78 Å². The van der Waals surface area contributed by atoms with Crippen LogP contribution in [0.25, 0.3) is 11.2 Å². The first-order valence-corrected chi connectivity index (χ1v) is 8.56. The number of thioether (sulfide) groups is 1. The number of aromatic amines is 1. The van der Waals surface area contributed by atoms with E-state index < -0.39 is 0 Å². The molecule has 120 valence electrons. The van der Waals surface area contributed by atoms with E-state index in [0.29, 0.717) is 10.3 Å². The number of hydrogen-bond acceptors (Lipinski definition) is 6. The van der Waals surface area contributed by atoms with Crippen molar-refractivity contribution in [2.24, 2.45) is 14.1 Å². The van der Waals surface area contributed by atoms with Crippen molar-refractivity contribution in [3.8, 4) is 0 Å². The van der Waals surface area contributed by atoms with Crippen molar-refractivity contribution in [3.63, 3.8) is 0 Å². The number of aromatic nitrogens is 4. The fourth-order valence-corrected chi connectivity index (χ4v) is 3.56. The molecule has 0 atom stereocenters. The van der Waals surface area contributed by atoms with Crippen LogP contribution >= 0.6 is 24.0 Å². The summed E-state index contributed by atoms with van der Waals surface area (Å²) in [5, 5.41) is 0.801. The van der Waals surface area contributed by atoms with Gasteiger partial charge in [0.15, 0.2) is 10.8 Å². The van der Waals surface area contributed by atoms with Gasteiger partial charge in [-0.05, 0) is 0 Å². The van der Waals surface area contributed by atoms with Crippen LogP contribution in [0.1, 0.15) is 0 Å². The van der Waals surface area contributed by atoms with Crippen LogP contribution in [0.2, 0.25) is 0 Å². The number of fused-ring (bicyclic) bond motifs is 1. The summed E-state index contributed by atoms with van der Waals surface area (Å²) in [7, 11) is 3.39. The minimum absolute atomic E-state index is 0.158. The Morgan fingerprint density at radius 3 is 2.77 bits per heavy atom. The van der Waals surface area contributed by atoms with E-state index in [1.54, 1.807) is 25.9 Å². The molecule has 0 aromatic carbocycles. The largest absolute Gasteiger partial charge is 0.379 e. The third-order valence-electron chi connectivity index (χ3n) is 3.82. The van der Waals surface area contributed by atoms with E-state index >= 15 is 0 Å². The van der Waals surface area contributed by atoms with Crippen LogP contribution < -0.4 is 5.69 Å². The van der Waals surface area contributed by atoms with Crippen LogP contribution in [0.5, 0.6) is 0 Å². The fourth-order valence-electron chi connectivity index (χ4n) is 2.47. The van der Waals surface area contributed by atoms with E-state index in [1.807, 2.05) is 0 Å². The summed E-state index contributed by atoms with van der Waals surface area (Å²) >= 11 is 6.97. The summed E-state index contributed by atoms with van der Waals surface area (Å²) < 4.78 is 8.81. The van der Waals surface area contributed by atoms with Crippen molar-refractivity contribution in [3.05, 3.63) is 15.1 Å². The Hall–Kier alpha value is -1.16. The number of morpholine rings is 1. The van der Waals surface area contributed by atoms with E-state index in [0.717, 1.165) is 49.3 Å². The minimum Gasteiger partial charge on any atom is -0.379 e. The Labute approximate surface area is 137 Å². The lowest BCUT2D eigenvalue weighted by Crippen LogP contribution is -2.37. The zero-order valence-corrected chi connectivity index (χ0v) is 14.3. The molecule has 0 unspecified atom stereocenters. The Morgan fingerprint density at radius 2 is 2.05 bits per heavy atom. The lowest BCUT2D eigenvalue weighted by molar-refractivity contribution is 0.0410. The molecular weight excluding hydrogens is 322 g/mol. The van der Waals surface area contributed by atoms with Crippen molar-refractivity contribution >= 4 is 35.1 Å². The molecule has 3 rings (SSSR count). The molecule has 0 saturated carbocycles. The third kappa shape index (κ3) is 2.98. The molecule has 22 heavy (non-hydrogen) atoms. The second-order valence-corrected chi connectivity index (χ2v) is 6.72. The van der Waals surface area contributed by atoms with Gasteiger partial charge in [0, 0.05) is 39.5 Å². The summed E-state index contributed by atoms with van der Waals surface area (Å²) in [4.78, 5) is 22.1. The summed E-state index contributed by atoms with van der Waals surface area (Å²) in [5.41, 5.74) is 1.20. The fraction of sp³-hybridized carbons (Fsp3) is 0.615. The molecule has 0 spiro atoms. The highest BCUT2D eigenvalue weighted by Crippen LogP contribution is 2.19. The van der Waals surface area contributed by atoms with Crippen molar-refractivity contribution < 1.29 is 4.74 Å². The van der Waals surface area contributed by atoms with E-state index in [2.05, 4.69) is 14.9 Å². The quantitative estimate of drug-likeness (QED) is 0.654. The molecule has 2 aromatic rings. The van der Waals surface area contributed by atoms with Crippen molar-refractivity contribution in [1.82, 2.24) is 24.0 Å². The topological polar surface area (TPSA) is 68.1 Å². The number of aryl methyl sites for hydroxylation is 1. The van der Waals surface area contributed by atoms with E-state index in [-0.39, 0.29) is 5.69 Å². The van der Waals surface area contributed by atoms with E-state index in [1.165, 1.54) is 9.13 Å². The lowest BCUT2D eigenvalue weighted by atomic mass is 10.4. The van der Waals surface area contributed by atoms with Gasteiger partial charge in [-0.1, -0.05) is 24.0 Å². The van der Waals surface area contributed by atoms with Gasteiger partial charge in [-0.15, -0.1) is 0 Å². The summed E-state index contributed by atoms with van der Waals surface area (Å²) in [5.74, 6) is 0.937. The van der Waals surface area contributed by atoms with Crippen molar-refractivity contribution in [2.75, 3.05) is 38.6 Å². The second kappa shape index (κ2) is 6.53. The molecule has 0 amide bonds. The molecule has 3 heterocycles. The average molecular weight is 341 g/mol. The normalized spacial score (nSPS) is 16.5. The number of imidazole rings is 1. The summed E-state index contributed by atoms with van der Waals surface area (Å²) in [6.45, 7) is 4.60. The predicted octanol–water partition coefficient (Wildman–Crippen LogP) is 0.754. The maximum atomic E-state index is 12.0. The molecule has 7 nitrogen and oxygen atoms in total. The maximum absolute atomic E-state index is 12.0. The van der Waals surface area contributed by atoms with Gasteiger partial charge >= 0.3 is 5.69 Å². The monoisotopic (exact) mass is 341 g/mol. The molecule has 9 heteroatoms. The van der Waals surface area contributed by atoms with Gasteiger partial charge in [0.1, 0.15) is 10.2 Å². The number of ether oxygens (including phenoxy) is 1. The third-order valence-corrected chi connectivity index (χ3v) is 5.15. The molecule has 0 radical (unpaired) electrons. The van der Waals surface area contributed by atoms with Gasteiger partial charge in [-0.2, -0.15) is 0 Å². The Balaban J connectivity index is 1.75. The van der Waals surface area contributed by atoms with Gasteiger partial charge in [0.25, 0.3) is 0 Å². The summed E-state index contributed by atoms with van der Waals surface area (Å²) in [6.07, 6.45) is 0. The smallest absolute Gasteiger partial charge is 0.330 e.